The summed E-state index contributed by atoms with van der Waals surface area (Å²) >= 11 is 0. The standard InChI is InChI=1S/C20H21NO5/c1-20(2,3)15-7-4-5-8-16(15)24-13-19(22)25-12-14-11-18(26-21-14)17-9-6-10-23-17/h4-11H,12-13H2,1-3H3. The molecule has 0 unspecified atom stereocenters. The highest BCUT2D eigenvalue weighted by Gasteiger charge is 2.19. The van der Waals surface area contributed by atoms with E-state index in [4.69, 9.17) is 18.4 Å². The zero-order chi connectivity index (χ0) is 18.6. The predicted molar refractivity (Wildman–Crippen MR) is 94.6 cm³/mol. The molecule has 6 nitrogen and oxygen atoms in total. The third kappa shape index (κ3) is 4.33. The van der Waals surface area contributed by atoms with Gasteiger partial charge in [-0.25, -0.2) is 4.79 Å². The molecule has 0 N–H and O–H groups in total. The zero-order valence-corrected chi connectivity index (χ0v) is 15.0. The molecule has 2 aromatic heterocycles. The Balaban J connectivity index is 1.53. The number of rotatable bonds is 6. The molecular formula is C20H21NO5. The van der Waals surface area contributed by atoms with Gasteiger partial charge in [0.1, 0.15) is 18.1 Å². The van der Waals surface area contributed by atoms with Gasteiger partial charge in [-0.1, -0.05) is 44.1 Å². The molecular weight excluding hydrogens is 334 g/mol. The number of nitrogens with zero attached hydrogens (tertiary/aromatic N) is 1. The largest absolute Gasteiger partial charge is 0.482 e. The number of carbonyl (C=O) groups is 1. The number of ether oxygens (including phenoxy) is 2. The minimum absolute atomic E-state index is 0.00726. The third-order valence-electron chi connectivity index (χ3n) is 3.74. The topological polar surface area (TPSA) is 74.7 Å². The van der Waals surface area contributed by atoms with E-state index in [-0.39, 0.29) is 18.6 Å². The summed E-state index contributed by atoms with van der Waals surface area (Å²) in [7, 11) is 0. The van der Waals surface area contributed by atoms with E-state index < -0.39 is 5.97 Å². The summed E-state index contributed by atoms with van der Waals surface area (Å²) in [5.41, 5.74) is 1.45. The fourth-order valence-corrected chi connectivity index (χ4v) is 2.46. The van der Waals surface area contributed by atoms with Gasteiger partial charge in [-0.15, -0.1) is 0 Å². The van der Waals surface area contributed by atoms with Crippen molar-refractivity contribution in [3.63, 3.8) is 0 Å². The molecule has 136 valence electrons. The Morgan fingerprint density at radius 2 is 1.92 bits per heavy atom. The van der Waals surface area contributed by atoms with Crippen LogP contribution in [0.5, 0.6) is 5.75 Å². The minimum atomic E-state index is -0.476. The van der Waals surface area contributed by atoms with Crippen molar-refractivity contribution in [2.24, 2.45) is 0 Å². The minimum Gasteiger partial charge on any atom is -0.482 e. The molecule has 6 heteroatoms. The number of esters is 1. The molecule has 0 atom stereocenters. The molecule has 0 saturated heterocycles. The maximum absolute atomic E-state index is 12.0. The quantitative estimate of drug-likeness (QED) is 0.612. The smallest absolute Gasteiger partial charge is 0.344 e. The molecule has 0 saturated carbocycles. The number of aromatic nitrogens is 1. The highest BCUT2D eigenvalue weighted by atomic mass is 16.6. The van der Waals surface area contributed by atoms with Crippen LogP contribution in [0.2, 0.25) is 0 Å². The lowest BCUT2D eigenvalue weighted by Gasteiger charge is -2.22. The van der Waals surface area contributed by atoms with Crippen LogP contribution in [0.1, 0.15) is 32.0 Å². The molecule has 0 aliphatic carbocycles. The van der Waals surface area contributed by atoms with E-state index in [1.807, 2.05) is 24.3 Å². The highest BCUT2D eigenvalue weighted by Crippen LogP contribution is 2.30. The Morgan fingerprint density at radius 1 is 1.12 bits per heavy atom. The SMILES string of the molecule is CC(C)(C)c1ccccc1OCC(=O)OCc1cc(-c2ccco2)on1. The van der Waals surface area contributed by atoms with Crippen molar-refractivity contribution < 1.29 is 23.2 Å². The van der Waals surface area contributed by atoms with Gasteiger partial charge in [0.05, 0.1) is 6.26 Å². The van der Waals surface area contributed by atoms with Crippen LogP contribution in [0, 0.1) is 0 Å². The Bertz CT molecular complexity index is 858. The molecule has 26 heavy (non-hydrogen) atoms. The van der Waals surface area contributed by atoms with Gasteiger partial charge in [-0.3, -0.25) is 0 Å². The van der Waals surface area contributed by atoms with Crippen molar-refractivity contribution in [1.29, 1.82) is 0 Å². The van der Waals surface area contributed by atoms with Gasteiger partial charge in [0, 0.05) is 6.07 Å². The molecule has 0 aliphatic heterocycles. The lowest BCUT2D eigenvalue weighted by molar-refractivity contribution is -0.147. The fraction of sp³-hybridized carbons (Fsp3) is 0.300. The van der Waals surface area contributed by atoms with Crippen LogP contribution in [0.25, 0.3) is 11.5 Å². The maximum atomic E-state index is 12.0. The first-order valence-corrected chi connectivity index (χ1v) is 8.31. The summed E-state index contributed by atoms with van der Waals surface area (Å²) in [4.78, 5) is 12.0. The Morgan fingerprint density at radius 3 is 2.65 bits per heavy atom. The van der Waals surface area contributed by atoms with Crippen molar-refractivity contribution in [2.75, 3.05) is 6.61 Å². The molecule has 1 aromatic carbocycles. The first kappa shape index (κ1) is 17.8. The lowest BCUT2D eigenvalue weighted by atomic mass is 9.86. The predicted octanol–water partition coefficient (Wildman–Crippen LogP) is 4.35. The first-order chi connectivity index (χ1) is 12.4. The Labute approximate surface area is 151 Å². The van der Waals surface area contributed by atoms with E-state index in [1.54, 1.807) is 24.5 Å². The normalized spacial score (nSPS) is 11.3. The molecule has 0 radical (unpaired) electrons. The molecule has 0 spiro atoms. The van der Waals surface area contributed by atoms with E-state index in [2.05, 4.69) is 25.9 Å². The van der Waals surface area contributed by atoms with Gasteiger partial charge in [-0.05, 0) is 29.2 Å². The van der Waals surface area contributed by atoms with Crippen molar-refractivity contribution >= 4 is 5.97 Å². The van der Waals surface area contributed by atoms with Crippen LogP contribution in [0.15, 0.2) is 57.7 Å². The number of benzene rings is 1. The van der Waals surface area contributed by atoms with Crippen molar-refractivity contribution in [2.45, 2.75) is 32.8 Å². The number of para-hydroxylation sites is 1. The average molecular weight is 355 g/mol. The van der Waals surface area contributed by atoms with Gasteiger partial charge < -0.3 is 18.4 Å². The summed E-state index contributed by atoms with van der Waals surface area (Å²) in [5, 5.41) is 3.86. The van der Waals surface area contributed by atoms with Gasteiger partial charge >= 0.3 is 5.97 Å². The van der Waals surface area contributed by atoms with Crippen molar-refractivity contribution in [3.05, 3.63) is 60.0 Å². The number of carbonyl (C=O) groups excluding carboxylic acids is 1. The monoisotopic (exact) mass is 355 g/mol. The second-order valence-corrected chi connectivity index (χ2v) is 6.86. The zero-order valence-electron chi connectivity index (χ0n) is 15.0. The van der Waals surface area contributed by atoms with Crippen LogP contribution in [0.4, 0.5) is 0 Å². The van der Waals surface area contributed by atoms with Crippen LogP contribution in [-0.4, -0.2) is 17.7 Å². The summed E-state index contributed by atoms with van der Waals surface area (Å²) in [6.07, 6.45) is 1.55. The molecule has 0 fully saturated rings. The van der Waals surface area contributed by atoms with Gasteiger partial charge in [0.2, 0.25) is 5.76 Å². The summed E-state index contributed by atoms with van der Waals surface area (Å²) < 4.78 is 21.2. The van der Waals surface area contributed by atoms with E-state index in [9.17, 15) is 4.79 Å². The molecule has 3 rings (SSSR count). The Kier molecular flexibility index (Phi) is 5.11. The molecule has 0 amide bonds. The molecule has 2 heterocycles. The van der Waals surface area contributed by atoms with Gasteiger partial charge in [-0.2, -0.15) is 0 Å². The second kappa shape index (κ2) is 7.47. The fourth-order valence-electron chi connectivity index (χ4n) is 2.46. The number of furan rings is 1. The van der Waals surface area contributed by atoms with Crippen molar-refractivity contribution in [3.8, 4) is 17.3 Å². The number of hydrogen-bond acceptors (Lipinski definition) is 6. The lowest BCUT2D eigenvalue weighted by Crippen LogP contribution is -2.18. The first-order valence-electron chi connectivity index (χ1n) is 8.31. The summed E-state index contributed by atoms with van der Waals surface area (Å²) in [6.45, 7) is 6.11. The highest BCUT2D eigenvalue weighted by molar-refractivity contribution is 5.71. The van der Waals surface area contributed by atoms with E-state index >= 15 is 0 Å². The second-order valence-electron chi connectivity index (χ2n) is 6.86. The Hall–Kier alpha value is -3.02. The van der Waals surface area contributed by atoms with E-state index in [1.165, 1.54) is 0 Å². The summed E-state index contributed by atoms with van der Waals surface area (Å²) in [5.74, 6) is 1.25. The van der Waals surface area contributed by atoms with Gasteiger partial charge in [0.25, 0.3) is 0 Å². The van der Waals surface area contributed by atoms with E-state index in [0.29, 0.717) is 23.0 Å². The van der Waals surface area contributed by atoms with Crippen LogP contribution in [-0.2, 0) is 21.6 Å². The van der Waals surface area contributed by atoms with Crippen LogP contribution in [0.3, 0.4) is 0 Å². The van der Waals surface area contributed by atoms with E-state index in [0.717, 1.165) is 5.56 Å². The molecule has 3 aromatic rings. The van der Waals surface area contributed by atoms with Crippen LogP contribution >= 0.6 is 0 Å². The summed E-state index contributed by atoms with van der Waals surface area (Å²) in [6, 6.07) is 12.9. The average Bonchev–Trinajstić information content (AvgIpc) is 3.28. The number of hydrogen-bond donors (Lipinski definition) is 0. The van der Waals surface area contributed by atoms with Crippen LogP contribution < -0.4 is 4.74 Å². The molecule has 0 aliphatic rings. The maximum Gasteiger partial charge on any atom is 0.344 e. The van der Waals surface area contributed by atoms with Crippen molar-refractivity contribution in [1.82, 2.24) is 5.16 Å². The van der Waals surface area contributed by atoms with Gasteiger partial charge in [0.15, 0.2) is 12.4 Å². The molecule has 0 bridgehead atoms. The third-order valence-corrected chi connectivity index (χ3v) is 3.74.